The largest absolute Gasteiger partial charge is 0.463 e. The minimum absolute atomic E-state index is 0.0318. The summed E-state index contributed by atoms with van der Waals surface area (Å²) in [5.74, 6) is -1.16. The van der Waals surface area contributed by atoms with E-state index in [0.717, 1.165) is 0 Å². The minimum atomic E-state index is -0.638. The first-order chi connectivity index (χ1) is 15.1. The first-order valence-corrected chi connectivity index (χ1v) is 10.8. The lowest BCUT2D eigenvalue weighted by Gasteiger charge is -2.22. The topological polar surface area (TPSA) is 137 Å². The number of hydrogen-bond acceptors (Lipinski definition) is 8. The van der Waals surface area contributed by atoms with E-state index in [1.165, 1.54) is 6.33 Å². The second-order valence-corrected chi connectivity index (χ2v) is 8.51. The van der Waals surface area contributed by atoms with Crippen molar-refractivity contribution in [2.24, 2.45) is 17.8 Å². The molecular formula is C21H31N5O6. The fourth-order valence-electron chi connectivity index (χ4n) is 3.46. The molecule has 32 heavy (non-hydrogen) atoms. The number of imidazole rings is 1. The van der Waals surface area contributed by atoms with Crippen molar-refractivity contribution in [3.05, 3.63) is 16.7 Å². The molecule has 1 amide bonds. The Balaban J connectivity index is 1.92. The molecule has 0 saturated carbocycles. The van der Waals surface area contributed by atoms with E-state index < -0.39 is 17.9 Å². The number of H-pyrrole nitrogens is 1. The average Bonchev–Trinajstić information content (AvgIpc) is 3.28. The van der Waals surface area contributed by atoms with E-state index in [9.17, 15) is 14.4 Å². The second kappa shape index (κ2) is 9.78. The zero-order valence-corrected chi connectivity index (χ0v) is 19.2. The molecule has 11 nitrogen and oxygen atoms in total. The van der Waals surface area contributed by atoms with E-state index in [-0.39, 0.29) is 59.5 Å². The van der Waals surface area contributed by atoms with Gasteiger partial charge >= 0.3 is 5.97 Å². The first kappa shape index (κ1) is 23.9. The van der Waals surface area contributed by atoms with Gasteiger partial charge in [0.2, 0.25) is 11.9 Å². The number of fused-ring (bicyclic) bond motifs is 1. The number of aromatic amines is 1. The molecule has 0 unspecified atom stereocenters. The second-order valence-electron chi connectivity index (χ2n) is 8.51. The summed E-state index contributed by atoms with van der Waals surface area (Å²) >= 11 is 0. The number of aromatic nitrogens is 4. The Morgan fingerprint density at radius 2 is 2.00 bits per heavy atom. The molecule has 3 rings (SSSR count). The van der Waals surface area contributed by atoms with Gasteiger partial charge in [0.15, 0.2) is 17.4 Å². The molecule has 0 aliphatic carbocycles. The van der Waals surface area contributed by atoms with Gasteiger partial charge in [0, 0.05) is 18.4 Å². The molecule has 3 heterocycles. The summed E-state index contributed by atoms with van der Waals surface area (Å²) in [5.41, 5.74) is -0.0995. The number of rotatable bonds is 8. The van der Waals surface area contributed by atoms with Crippen LogP contribution in [0.25, 0.3) is 11.2 Å². The van der Waals surface area contributed by atoms with Gasteiger partial charge in [-0.1, -0.05) is 34.6 Å². The zero-order valence-electron chi connectivity index (χ0n) is 19.2. The van der Waals surface area contributed by atoms with Crippen molar-refractivity contribution in [1.29, 1.82) is 0 Å². The molecular weight excluding hydrogens is 418 g/mol. The Kier molecular flexibility index (Phi) is 7.29. The quantitative estimate of drug-likeness (QED) is 0.583. The monoisotopic (exact) mass is 449 g/mol. The highest BCUT2D eigenvalue weighted by Crippen LogP contribution is 2.37. The number of ether oxygens (including phenoxy) is 3. The van der Waals surface area contributed by atoms with E-state index in [0.29, 0.717) is 6.61 Å². The number of hydrogen-bond donors (Lipinski definition) is 2. The smallest absolute Gasteiger partial charge is 0.308 e. The number of esters is 1. The van der Waals surface area contributed by atoms with Crippen LogP contribution in [0.1, 0.15) is 47.8 Å². The number of amides is 1. The lowest BCUT2D eigenvalue weighted by Crippen LogP contribution is -2.30. The van der Waals surface area contributed by atoms with Crippen LogP contribution in [0.2, 0.25) is 0 Å². The van der Waals surface area contributed by atoms with Gasteiger partial charge in [-0.05, 0) is 6.92 Å². The molecule has 1 aliphatic heterocycles. The van der Waals surface area contributed by atoms with Gasteiger partial charge in [0.25, 0.3) is 5.56 Å². The van der Waals surface area contributed by atoms with Gasteiger partial charge in [-0.25, -0.2) is 4.98 Å². The highest BCUT2D eigenvalue weighted by Gasteiger charge is 2.45. The van der Waals surface area contributed by atoms with Gasteiger partial charge in [0.1, 0.15) is 12.7 Å². The normalized spacial score (nSPS) is 23.2. The zero-order chi connectivity index (χ0) is 23.6. The molecule has 4 atom stereocenters. The van der Waals surface area contributed by atoms with Crippen molar-refractivity contribution in [1.82, 2.24) is 19.5 Å². The molecule has 0 aromatic carbocycles. The lowest BCUT2D eigenvalue weighted by atomic mass is 10.0. The van der Waals surface area contributed by atoms with Crippen LogP contribution in [0.5, 0.6) is 0 Å². The van der Waals surface area contributed by atoms with Gasteiger partial charge < -0.3 is 14.2 Å². The predicted molar refractivity (Wildman–Crippen MR) is 116 cm³/mol. The summed E-state index contributed by atoms with van der Waals surface area (Å²) in [7, 11) is 0. The average molecular weight is 450 g/mol. The Labute approximate surface area is 185 Å². The molecule has 2 N–H and O–H groups in total. The van der Waals surface area contributed by atoms with E-state index in [1.807, 2.05) is 13.8 Å². The number of carbonyl (C=O) groups excluding carboxylic acids is 2. The van der Waals surface area contributed by atoms with Crippen LogP contribution in [0.15, 0.2) is 11.1 Å². The molecule has 2 aromatic heterocycles. The van der Waals surface area contributed by atoms with Crippen LogP contribution in [0, 0.1) is 17.8 Å². The summed E-state index contributed by atoms with van der Waals surface area (Å²) in [6, 6.07) is 0. The van der Waals surface area contributed by atoms with Crippen LogP contribution in [0.4, 0.5) is 5.95 Å². The molecule has 1 fully saturated rings. The number of nitrogens with one attached hydrogen (secondary N) is 2. The SMILES string of the molecule is CCO[C@@H]1[C@H](C)[C@@H](COC(=O)C(C)C)O[C@H]1n1cnc2c(=O)[nH]c(NC(=O)C(C)C)nc21. The summed E-state index contributed by atoms with van der Waals surface area (Å²) < 4.78 is 19.1. The third kappa shape index (κ3) is 4.83. The maximum absolute atomic E-state index is 12.5. The Bertz CT molecular complexity index is 1030. The van der Waals surface area contributed by atoms with Gasteiger partial charge in [-0.15, -0.1) is 0 Å². The van der Waals surface area contributed by atoms with Crippen molar-refractivity contribution < 1.29 is 23.8 Å². The molecule has 1 aliphatic rings. The fraction of sp³-hybridized carbons (Fsp3) is 0.667. The van der Waals surface area contributed by atoms with E-state index in [4.69, 9.17) is 14.2 Å². The molecule has 176 valence electrons. The van der Waals surface area contributed by atoms with Crippen LogP contribution in [0.3, 0.4) is 0 Å². The van der Waals surface area contributed by atoms with Gasteiger partial charge in [-0.2, -0.15) is 4.98 Å². The van der Waals surface area contributed by atoms with Crippen molar-refractivity contribution in [2.75, 3.05) is 18.5 Å². The van der Waals surface area contributed by atoms with Crippen molar-refractivity contribution in [3.8, 4) is 0 Å². The molecule has 1 saturated heterocycles. The van der Waals surface area contributed by atoms with Crippen LogP contribution in [-0.2, 0) is 23.8 Å². The maximum Gasteiger partial charge on any atom is 0.308 e. The van der Waals surface area contributed by atoms with Crippen molar-refractivity contribution in [2.45, 2.75) is 60.0 Å². The fourth-order valence-corrected chi connectivity index (χ4v) is 3.46. The van der Waals surface area contributed by atoms with E-state index in [2.05, 4.69) is 20.3 Å². The Hall–Kier alpha value is -2.79. The van der Waals surface area contributed by atoms with Crippen molar-refractivity contribution >= 4 is 29.0 Å². The van der Waals surface area contributed by atoms with Crippen LogP contribution < -0.4 is 10.9 Å². The molecule has 0 radical (unpaired) electrons. The molecule has 11 heteroatoms. The summed E-state index contributed by atoms with van der Waals surface area (Å²) in [4.78, 5) is 47.6. The van der Waals surface area contributed by atoms with Gasteiger partial charge in [0.05, 0.1) is 18.3 Å². The third-order valence-electron chi connectivity index (χ3n) is 5.39. The summed E-state index contributed by atoms with van der Waals surface area (Å²) in [6.07, 6.45) is 0.0433. The third-order valence-corrected chi connectivity index (χ3v) is 5.39. The number of carbonyl (C=O) groups is 2. The standard InChI is InChI=1S/C21H31N5O6/c1-7-30-15-12(6)13(8-31-20(29)11(4)5)32-19(15)26-9-22-14-16(26)23-21(25-18(14)28)24-17(27)10(2)3/h9-13,15,19H,7-8H2,1-6H3,(H2,23,24,25,27,28)/t12-,13-,15-,19-/m1/s1. The lowest BCUT2D eigenvalue weighted by molar-refractivity contribution is -0.152. The number of nitrogens with zero attached hydrogens (tertiary/aromatic N) is 3. The summed E-state index contributed by atoms with van der Waals surface area (Å²) in [5, 5.41) is 2.60. The minimum Gasteiger partial charge on any atom is -0.463 e. The van der Waals surface area contributed by atoms with Gasteiger partial charge in [-0.3, -0.25) is 29.3 Å². The highest BCUT2D eigenvalue weighted by atomic mass is 16.6. The predicted octanol–water partition coefficient (Wildman–Crippen LogP) is 1.85. The van der Waals surface area contributed by atoms with E-state index >= 15 is 0 Å². The van der Waals surface area contributed by atoms with E-state index in [1.54, 1.807) is 32.3 Å². The van der Waals surface area contributed by atoms with Crippen LogP contribution >= 0.6 is 0 Å². The summed E-state index contributed by atoms with van der Waals surface area (Å²) in [6.45, 7) is 11.4. The van der Waals surface area contributed by atoms with Crippen LogP contribution in [-0.4, -0.2) is 56.8 Å². The number of anilines is 1. The first-order valence-electron chi connectivity index (χ1n) is 10.8. The highest BCUT2D eigenvalue weighted by molar-refractivity contribution is 5.91. The molecule has 0 spiro atoms. The maximum atomic E-state index is 12.5. The molecule has 0 bridgehead atoms. The van der Waals surface area contributed by atoms with Crippen molar-refractivity contribution in [3.63, 3.8) is 0 Å². The Morgan fingerprint density at radius 1 is 1.28 bits per heavy atom. The Morgan fingerprint density at radius 3 is 2.62 bits per heavy atom. The molecule has 2 aromatic rings.